The van der Waals surface area contributed by atoms with E-state index in [0.717, 1.165) is 66.4 Å². The van der Waals surface area contributed by atoms with E-state index in [4.69, 9.17) is 4.42 Å². The fourth-order valence-corrected chi connectivity index (χ4v) is 9.74. The molecule has 4 heteroatoms. The fourth-order valence-electron chi connectivity index (χ4n) is 9.74. The van der Waals surface area contributed by atoms with Crippen LogP contribution in [0.15, 0.2) is 205 Å². The molecule has 13 rings (SSSR count). The zero-order valence-corrected chi connectivity index (χ0v) is 31.3. The standard InChI is InChI=1S/C54H33N3O/c1-2-14-34(15-3-1)35-30-37(56-48-23-11-6-18-41(48)42-19-7-12-24-49(42)56)32-38(31-35)57-50-25-13-8-20-44(50)53-51(57)28-27-43-45-33-36(26-29-52(45)58-54(43)53)55-46-21-9-4-16-39(46)40-17-5-10-22-47(40)55/h1-33H. The van der Waals surface area contributed by atoms with Crippen LogP contribution < -0.4 is 0 Å². The van der Waals surface area contributed by atoms with Gasteiger partial charge in [-0.25, -0.2) is 0 Å². The number of fused-ring (bicyclic) bond motifs is 13. The predicted octanol–water partition coefficient (Wildman–Crippen LogP) is 14.5. The van der Waals surface area contributed by atoms with Crippen LogP contribution in [0.3, 0.4) is 0 Å². The van der Waals surface area contributed by atoms with Crippen LogP contribution in [0.2, 0.25) is 0 Å². The zero-order valence-electron chi connectivity index (χ0n) is 31.3. The molecule has 4 heterocycles. The molecule has 0 unspecified atom stereocenters. The van der Waals surface area contributed by atoms with Crippen molar-refractivity contribution in [1.29, 1.82) is 0 Å². The molecule has 0 bridgehead atoms. The summed E-state index contributed by atoms with van der Waals surface area (Å²) in [5.74, 6) is 0. The quantitative estimate of drug-likeness (QED) is 0.177. The highest BCUT2D eigenvalue weighted by atomic mass is 16.3. The Morgan fingerprint density at radius 1 is 0.276 bits per heavy atom. The fraction of sp³-hybridized carbons (Fsp3) is 0. The first kappa shape index (κ1) is 31.4. The average Bonchev–Trinajstić information content (AvgIpc) is 4.03. The third-order valence-corrected chi connectivity index (χ3v) is 12.2. The van der Waals surface area contributed by atoms with Crippen molar-refractivity contribution in [2.24, 2.45) is 0 Å². The topological polar surface area (TPSA) is 27.9 Å². The van der Waals surface area contributed by atoms with Crippen molar-refractivity contribution in [3.05, 3.63) is 200 Å². The highest BCUT2D eigenvalue weighted by Crippen LogP contribution is 2.43. The summed E-state index contributed by atoms with van der Waals surface area (Å²) in [7, 11) is 0. The van der Waals surface area contributed by atoms with E-state index in [0.29, 0.717) is 0 Å². The van der Waals surface area contributed by atoms with E-state index in [1.54, 1.807) is 0 Å². The van der Waals surface area contributed by atoms with Gasteiger partial charge in [0.05, 0.1) is 38.5 Å². The zero-order chi connectivity index (χ0) is 37.9. The van der Waals surface area contributed by atoms with Gasteiger partial charge in [0.2, 0.25) is 0 Å². The van der Waals surface area contributed by atoms with Crippen LogP contribution in [-0.2, 0) is 0 Å². The molecule has 0 saturated carbocycles. The van der Waals surface area contributed by atoms with Crippen LogP contribution in [0.25, 0.3) is 116 Å². The molecule has 0 amide bonds. The Bertz CT molecular complexity index is 3690. The van der Waals surface area contributed by atoms with Gasteiger partial charge in [0.15, 0.2) is 0 Å². The Kier molecular flexibility index (Phi) is 6.41. The molecule has 4 nitrogen and oxygen atoms in total. The lowest BCUT2D eigenvalue weighted by atomic mass is 10.0. The second-order valence-corrected chi connectivity index (χ2v) is 15.3. The number of hydrogen-bond donors (Lipinski definition) is 0. The monoisotopic (exact) mass is 739 g/mol. The highest BCUT2D eigenvalue weighted by Gasteiger charge is 2.21. The minimum Gasteiger partial charge on any atom is -0.455 e. The molecule has 13 aromatic rings. The number of aromatic nitrogens is 3. The van der Waals surface area contributed by atoms with Gasteiger partial charge >= 0.3 is 0 Å². The van der Waals surface area contributed by atoms with Gasteiger partial charge in [-0.3, -0.25) is 0 Å². The summed E-state index contributed by atoms with van der Waals surface area (Å²) in [5.41, 5.74) is 14.4. The lowest BCUT2D eigenvalue weighted by Gasteiger charge is -2.16. The molecule has 0 radical (unpaired) electrons. The first-order chi connectivity index (χ1) is 28.8. The van der Waals surface area contributed by atoms with Gasteiger partial charge in [-0.2, -0.15) is 0 Å². The van der Waals surface area contributed by atoms with E-state index in [2.05, 4.69) is 214 Å². The van der Waals surface area contributed by atoms with Crippen LogP contribution >= 0.6 is 0 Å². The molecule has 0 aliphatic rings. The van der Waals surface area contributed by atoms with Gasteiger partial charge in [-0.15, -0.1) is 0 Å². The van der Waals surface area contributed by atoms with Gasteiger partial charge in [-0.1, -0.05) is 121 Å². The highest BCUT2D eigenvalue weighted by molar-refractivity contribution is 6.24. The van der Waals surface area contributed by atoms with E-state index in [9.17, 15) is 0 Å². The predicted molar refractivity (Wildman–Crippen MR) is 242 cm³/mol. The molecular formula is C54H33N3O. The molecule has 0 aliphatic carbocycles. The van der Waals surface area contributed by atoms with Crippen molar-refractivity contribution in [2.45, 2.75) is 0 Å². The van der Waals surface area contributed by atoms with Crippen molar-refractivity contribution in [2.75, 3.05) is 0 Å². The van der Waals surface area contributed by atoms with E-state index < -0.39 is 0 Å². The molecule has 0 fully saturated rings. The van der Waals surface area contributed by atoms with E-state index in [-0.39, 0.29) is 0 Å². The number of furan rings is 1. The third-order valence-electron chi connectivity index (χ3n) is 12.2. The normalized spacial score (nSPS) is 12.1. The minimum atomic E-state index is 0.878. The molecule has 0 saturated heterocycles. The molecule has 0 spiro atoms. The number of para-hydroxylation sites is 5. The first-order valence-corrected chi connectivity index (χ1v) is 19.8. The van der Waals surface area contributed by atoms with Crippen molar-refractivity contribution in [3.63, 3.8) is 0 Å². The van der Waals surface area contributed by atoms with Crippen LogP contribution in [0.4, 0.5) is 0 Å². The summed E-state index contributed by atoms with van der Waals surface area (Å²) in [6.07, 6.45) is 0. The second-order valence-electron chi connectivity index (χ2n) is 15.3. The SMILES string of the molecule is c1ccc(-c2cc(-n3c4ccccc4c4ccccc43)cc(-n3c4ccccc4c4c5oc6ccc(-n7c8ccccc8c8ccccc87)cc6c5ccc43)c2)cc1. The van der Waals surface area contributed by atoms with Crippen LogP contribution in [0.1, 0.15) is 0 Å². The summed E-state index contributed by atoms with van der Waals surface area (Å²) >= 11 is 0. The van der Waals surface area contributed by atoms with Gasteiger partial charge in [0.1, 0.15) is 11.2 Å². The smallest absolute Gasteiger partial charge is 0.145 e. The summed E-state index contributed by atoms with van der Waals surface area (Å²) < 4.78 is 14.1. The Morgan fingerprint density at radius 2 is 0.741 bits per heavy atom. The Labute approximate surface area is 332 Å². The van der Waals surface area contributed by atoms with Gasteiger partial charge < -0.3 is 18.1 Å². The van der Waals surface area contributed by atoms with E-state index >= 15 is 0 Å². The van der Waals surface area contributed by atoms with Crippen LogP contribution in [0.5, 0.6) is 0 Å². The Morgan fingerprint density at radius 3 is 1.31 bits per heavy atom. The van der Waals surface area contributed by atoms with Crippen molar-refractivity contribution in [3.8, 4) is 28.2 Å². The third kappa shape index (κ3) is 4.34. The number of nitrogens with zero attached hydrogens (tertiary/aromatic N) is 3. The van der Waals surface area contributed by atoms with Crippen molar-refractivity contribution < 1.29 is 4.42 Å². The lowest BCUT2D eigenvalue weighted by Crippen LogP contribution is -2.00. The molecule has 0 aliphatic heterocycles. The number of hydrogen-bond acceptors (Lipinski definition) is 1. The van der Waals surface area contributed by atoms with E-state index in [1.807, 2.05) is 0 Å². The largest absolute Gasteiger partial charge is 0.455 e. The maximum atomic E-state index is 6.92. The van der Waals surface area contributed by atoms with Gasteiger partial charge in [-0.05, 0) is 90.0 Å². The molecule has 0 N–H and O–H groups in total. The van der Waals surface area contributed by atoms with Gasteiger partial charge in [0, 0.05) is 54.8 Å². The molecule has 0 atom stereocenters. The average molecular weight is 740 g/mol. The first-order valence-electron chi connectivity index (χ1n) is 19.8. The Hall–Kier alpha value is -7.82. The van der Waals surface area contributed by atoms with Crippen LogP contribution in [-0.4, -0.2) is 13.7 Å². The molecule has 270 valence electrons. The maximum absolute atomic E-state index is 6.92. The molecule has 9 aromatic carbocycles. The molecule has 58 heavy (non-hydrogen) atoms. The summed E-state index contributed by atoms with van der Waals surface area (Å²) in [6, 6.07) is 72.5. The Balaban J connectivity index is 1.08. The van der Waals surface area contributed by atoms with Crippen LogP contribution in [0, 0.1) is 0 Å². The summed E-state index contributed by atoms with van der Waals surface area (Å²) in [4.78, 5) is 0. The molecule has 4 aromatic heterocycles. The number of benzene rings is 9. The van der Waals surface area contributed by atoms with Crippen molar-refractivity contribution >= 4 is 87.4 Å². The van der Waals surface area contributed by atoms with E-state index in [1.165, 1.54) is 49.2 Å². The second kappa shape index (κ2) is 11.8. The van der Waals surface area contributed by atoms with Gasteiger partial charge in [0.25, 0.3) is 0 Å². The lowest BCUT2D eigenvalue weighted by molar-refractivity contribution is 0.673. The van der Waals surface area contributed by atoms with Crippen molar-refractivity contribution in [1.82, 2.24) is 13.7 Å². The molecular weight excluding hydrogens is 707 g/mol. The summed E-state index contributed by atoms with van der Waals surface area (Å²) in [6.45, 7) is 0. The summed E-state index contributed by atoms with van der Waals surface area (Å²) in [5, 5.41) is 9.49. The minimum absolute atomic E-state index is 0.878. The number of rotatable bonds is 4. The maximum Gasteiger partial charge on any atom is 0.145 e.